The predicted octanol–water partition coefficient (Wildman–Crippen LogP) is 2.82. The van der Waals surface area contributed by atoms with Crippen molar-refractivity contribution >= 4 is 40.3 Å². The number of rotatable bonds is 5. The van der Waals surface area contributed by atoms with Gasteiger partial charge in [0.1, 0.15) is 0 Å². The Morgan fingerprint density at radius 1 is 1.44 bits per heavy atom. The lowest BCUT2D eigenvalue weighted by atomic mass is 10.3. The highest BCUT2D eigenvalue weighted by atomic mass is 32.2. The summed E-state index contributed by atoms with van der Waals surface area (Å²) in [6.07, 6.45) is 2.44. The molecule has 96 valence electrons. The Balaban J connectivity index is 2.04. The average molecular weight is 283 g/mol. The fraction of sp³-hybridized carbons (Fsp3) is 0.333. The Bertz CT molecular complexity index is 468. The van der Waals surface area contributed by atoms with E-state index < -0.39 is 0 Å². The Morgan fingerprint density at radius 3 is 2.94 bits per heavy atom. The van der Waals surface area contributed by atoms with Gasteiger partial charge in [-0.1, -0.05) is 6.07 Å². The first kappa shape index (κ1) is 13.3. The Labute approximate surface area is 114 Å². The van der Waals surface area contributed by atoms with Gasteiger partial charge in [0.25, 0.3) is 11.1 Å². The van der Waals surface area contributed by atoms with Crippen molar-refractivity contribution in [1.82, 2.24) is 4.90 Å². The SMILES string of the molecule is COCCCN1C(=O)S/C(=C/c2cccs2)C1=O. The second-order valence-corrected chi connectivity index (χ2v) is 5.67. The summed E-state index contributed by atoms with van der Waals surface area (Å²) in [6.45, 7) is 0.964. The van der Waals surface area contributed by atoms with E-state index in [1.165, 1.54) is 4.90 Å². The van der Waals surface area contributed by atoms with Gasteiger partial charge in [0.05, 0.1) is 4.91 Å². The van der Waals surface area contributed by atoms with Crippen molar-refractivity contribution in [2.24, 2.45) is 0 Å². The van der Waals surface area contributed by atoms with Gasteiger partial charge in [0.2, 0.25) is 0 Å². The van der Waals surface area contributed by atoms with Crippen LogP contribution in [0.25, 0.3) is 6.08 Å². The van der Waals surface area contributed by atoms with Crippen LogP contribution in [0.15, 0.2) is 22.4 Å². The summed E-state index contributed by atoms with van der Waals surface area (Å²) in [4.78, 5) is 26.5. The molecule has 2 amide bonds. The fourth-order valence-corrected chi connectivity index (χ4v) is 3.15. The number of imide groups is 1. The molecule has 4 nitrogen and oxygen atoms in total. The minimum absolute atomic E-state index is 0.195. The third-order valence-corrected chi connectivity index (χ3v) is 4.15. The summed E-state index contributed by atoms with van der Waals surface area (Å²) in [7, 11) is 1.60. The Kier molecular flexibility index (Phi) is 4.57. The molecule has 2 rings (SSSR count). The molecule has 0 atom stereocenters. The smallest absolute Gasteiger partial charge is 0.293 e. The largest absolute Gasteiger partial charge is 0.385 e. The quantitative estimate of drug-likeness (QED) is 0.616. The van der Waals surface area contributed by atoms with E-state index in [1.54, 1.807) is 24.5 Å². The molecule has 18 heavy (non-hydrogen) atoms. The van der Waals surface area contributed by atoms with Crippen LogP contribution in [0, 0.1) is 0 Å². The highest BCUT2D eigenvalue weighted by Gasteiger charge is 2.34. The Hall–Kier alpha value is -1.11. The summed E-state index contributed by atoms with van der Waals surface area (Å²) in [5.74, 6) is -0.200. The summed E-state index contributed by atoms with van der Waals surface area (Å²) in [6, 6.07) is 3.84. The third kappa shape index (κ3) is 3.01. The molecule has 0 unspecified atom stereocenters. The molecule has 0 radical (unpaired) electrons. The van der Waals surface area contributed by atoms with Crippen LogP contribution < -0.4 is 0 Å². The van der Waals surface area contributed by atoms with Crippen LogP contribution in [0.1, 0.15) is 11.3 Å². The van der Waals surface area contributed by atoms with Crippen molar-refractivity contribution in [2.75, 3.05) is 20.3 Å². The van der Waals surface area contributed by atoms with E-state index in [-0.39, 0.29) is 11.1 Å². The Morgan fingerprint density at radius 2 is 2.28 bits per heavy atom. The molecule has 1 aromatic rings. The van der Waals surface area contributed by atoms with E-state index in [9.17, 15) is 9.59 Å². The van der Waals surface area contributed by atoms with Crippen LogP contribution in [0.3, 0.4) is 0 Å². The molecular weight excluding hydrogens is 270 g/mol. The third-order valence-electron chi connectivity index (χ3n) is 2.42. The maximum Gasteiger partial charge on any atom is 0.293 e. The maximum atomic E-state index is 12.0. The number of hydrogen-bond acceptors (Lipinski definition) is 5. The van der Waals surface area contributed by atoms with E-state index in [1.807, 2.05) is 17.5 Å². The minimum atomic E-state index is -0.200. The fourth-order valence-electron chi connectivity index (χ4n) is 1.56. The molecule has 1 aromatic heterocycles. The van der Waals surface area contributed by atoms with E-state index in [2.05, 4.69) is 0 Å². The first-order chi connectivity index (χ1) is 8.72. The number of ether oxygens (including phenoxy) is 1. The zero-order valence-electron chi connectivity index (χ0n) is 9.92. The number of thioether (sulfide) groups is 1. The van der Waals surface area contributed by atoms with Gasteiger partial charge in [-0.2, -0.15) is 0 Å². The van der Waals surface area contributed by atoms with Gasteiger partial charge in [-0.15, -0.1) is 11.3 Å². The number of nitrogens with zero attached hydrogens (tertiary/aromatic N) is 1. The van der Waals surface area contributed by atoms with Crippen molar-refractivity contribution < 1.29 is 14.3 Å². The lowest BCUT2D eigenvalue weighted by molar-refractivity contribution is -0.122. The highest BCUT2D eigenvalue weighted by molar-refractivity contribution is 8.18. The van der Waals surface area contributed by atoms with Crippen molar-refractivity contribution in [1.29, 1.82) is 0 Å². The second-order valence-electron chi connectivity index (χ2n) is 3.70. The standard InChI is InChI=1S/C12H13NO3S2/c1-16-6-3-5-13-11(14)10(18-12(13)15)8-9-4-2-7-17-9/h2,4,7-8H,3,5-6H2,1H3/b10-8+. The van der Waals surface area contributed by atoms with Crippen molar-refractivity contribution in [2.45, 2.75) is 6.42 Å². The lowest BCUT2D eigenvalue weighted by Gasteiger charge is -2.11. The normalized spacial score (nSPS) is 18.1. The summed E-state index contributed by atoms with van der Waals surface area (Å²) in [5, 5.41) is 1.74. The molecule has 0 spiro atoms. The molecule has 1 aliphatic heterocycles. The van der Waals surface area contributed by atoms with Crippen LogP contribution in [-0.4, -0.2) is 36.3 Å². The van der Waals surface area contributed by atoms with Crippen molar-refractivity contribution in [3.05, 3.63) is 27.3 Å². The molecule has 0 aliphatic carbocycles. The van der Waals surface area contributed by atoms with Crippen LogP contribution >= 0.6 is 23.1 Å². The molecule has 0 bridgehead atoms. The topological polar surface area (TPSA) is 46.6 Å². The van der Waals surface area contributed by atoms with Gasteiger partial charge in [-0.25, -0.2) is 0 Å². The van der Waals surface area contributed by atoms with Crippen LogP contribution in [0.5, 0.6) is 0 Å². The molecule has 0 N–H and O–H groups in total. The average Bonchev–Trinajstić information content (AvgIpc) is 2.93. The second kappa shape index (κ2) is 6.17. The van der Waals surface area contributed by atoms with E-state index >= 15 is 0 Å². The summed E-state index contributed by atoms with van der Waals surface area (Å²) in [5.41, 5.74) is 0. The highest BCUT2D eigenvalue weighted by Crippen LogP contribution is 2.32. The van der Waals surface area contributed by atoms with Gasteiger partial charge in [-0.3, -0.25) is 14.5 Å². The molecule has 0 aromatic carbocycles. The summed E-state index contributed by atoms with van der Waals surface area (Å²) < 4.78 is 4.92. The van der Waals surface area contributed by atoms with Crippen molar-refractivity contribution in [3.63, 3.8) is 0 Å². The van der Waals surface area contributed by atoms with Gasteiger partial charge in [0.15, 0.2) is 0 Å². The van der Waals surface area contributed by atoms with E-state index in [0.717, 1.165) is 16.6 Å². The zero-order valence-corrected chi connectivity index (χ0v) is 11.6. The monoisotopic (exact) mass is 283 g/mol. The summed E-state index contributed by atoms with van der Waals surface area (Å²) >= 11 is 2.55. The van der Waals surface area contributed by atoms with Gasteiger partial charge in [-0.05, 0) is 35.7 Å². The molecule has 1 fully saturated rings. The molecule has 1 saturated heterocycles. The number of hydrogen-bond donors (Lipinski definition) is 0. The van der Waals surface area contributed by atoms with Crippen LogP contribution in [-0.2, 0) is 9.53 Å². The number of methoxy groups -OCH3 is 1. The first-order valence-electron chi connectivity index (χ1n) is 5.50. The van der Waals surface area contributed by atoms with Gasteiger partial charge >= 0.3 is 0 Å². The van der Waals surface area contributed by atoms with E-state index in [4.69, 9.17) is 4.74 Å². The number of thiophene rings is 1. The minimum Gasteiger partial charge on any atom is -0.385 e. The number of carbonyl (C=O) groups excluding carboxylic acids is 2. The molecular formula is C12H13NO3S2. The van der Waals surface area contributed by atoms with Crippen LogP contribution in [0.4, 0.5) is 4.79 Å². The predicted molar refractivity (Wildman–Crippen MR) is 73.5 cm³/mol. The molecule has 2 heterocycles. The molecule has 0 saturated carbocycles. The maximum absolute atomic E-state index is 12.0. The van der Waals surface area contributed by atoms with E-state index in [0.29, 0.717) is 24.5 Å². The van der Waals surface area contributed by atoms with Gasteiger partial charge < -0.3 is 4.74 Å². The number of amides is 2. The lowest BCUT2D eigenvalue weighted by Crippen LogP contribution is -2.29. The number of carbonyl (C=O) groups is 2. The molecule has 1 aliphatic rings. The van der Waals surface area contributed by atoms with Crippen molar-refractivity contribution in [3.8, 4) is 0 Å². The molecule has 6 heteroatoms. The first-order valence-corrected chi connectivity index (χ1v) is 7.20. The van der Waals surface area contributed by atoms with Crippen LogP contribution in [0.2, 0.25) is 0 Å². The zero-order chi connectivity index (χ0) is 13.0. The van der Waals surface area contributed by atoms with Gasteiger partial charge in [0, 0.05) is 25.1 Å².